The molecule has 54 valence electrons. The summed E-state index contributed by atoms with van der Waals surface area (Å²) < 4.78 is 5.19. The molecular weight excluding hydrogens is 156 g/mol. The van der Waals surface area contributed by atoms with Crippen LogP contribution in [0.25, 0.3) is 0 Å². The minimum Gasteiger partial charge on any atom is -0.380 e. The Morgan fingerprint density at radius 1 is 1.67 bits per heavy atom. The summed E-state index contributed by atoms with van der Waals surface area (Å²) in [6, 6.07) is 0. The van der Waals surface area contributed by atoms with E-state index in [-0.39, 0.29) is 0 Å². The maximum Gasteiger partial charge on any atom is 0.0585 e. The highest BCUT2D eigenvalue weighted by Crippen LogP contribution is 2.19. The molecule has 0 amide bonds. The number of ether oxygens (including phenoxy) is 1. The molecule has 1 nitrogen and oxygen atoms in total. The lowest BCUT2D eigenvalue weighted by molar-refractivity contribution is 0.199. The summed E-state index contributed by atoms with van der Waals surface area (Å²) in [7, 11) is 0. The van der Waals surface area contributed by atoms with E-state index < -0.39 is 0 Å². The molecule has 0 aromatic rings. The highest BCUT2D eigenvalue weighted by atomic mass is 35.5. The van der Waals surface area contributed by atoms with Crippen molar-refractivity contribution in [1.29, 1.82) is 0 Å². The summed E-state index contributed by atoms with van der Waals surface area (Å²) in [6.07, 6.45) is 1.21. The van der Waals surface area contributed by atoms with Crippen LogP contribution in [0, 0.1) is 0 Å². The van der Waals surface area contributed by atoms with Crippen molar-refractivity contribution in [2.75, 3.05) is 24.8 Å². The Hall–Kier alpha value is 0.600. The van der Waals surface area contributed by atoms with E-state index in [0.29, 0.717) is 0 Å². The molecule has 1 rings (SSSR count). The average molecular weight is 167 g/mol. The molecule has 9 heavy (non-hydrogen) atoms. The molecule has 0 spiro atoms. The van der Waals surface area contributed by atoms with E-state index in [1.807, 2.05) is 11.8 Å². The minimum atomic E-state index is 0.726. The van der Waals surface area contributed by atoms with Gasteiger partial charge < -0.3 is 4.74 Å². The van der Waals surface area contributed by atoms with Gasteiger partial charge in [0, 0.05) is 23.5 Å². The second-order valence-electron chi connectivity index (χ2n) is 2.05. The van der Waals surface area contributed by atoms with E-state index in [4.69, 9.17) is 16.3 Å². The van der Waals surface area contributed by atoms with Crippen LogP contribution in [0.15, 0.2) is 0 Å². The smallest absolute Gasteiger partial charge is 0.0585 e. The van der Waals surface area contributed by atoms with Gasteiger partial charge in [-0.1, -0.05) is 0 Å². The van der Waals surface area contributed by atoms with E-state index in [9.17, 15) is 0 Å². The van der Waals surface area contributed by atoms with Crippen LogP contribution in [-0.2, 0) is 4.74 Å². The lowest BCUT2D eigenvalue weighted by atomic mass is 10.4. The molecule has 0 aromatic heterocycles. The summed E-state index contributed by atoms with van der Waals surface area (Å²) >= 11 is 7.45. The van der Waals surface area contributed by atoms with E-state index in [1.54, 1.807) is 0 Å². The van der Waals surface area contributed by atoms with Crippen LogP contribution in [-0.4, -0.2) is 30.1 Å². The molecule has 1 aliphatic heterocycles. The van der Waals surface area contributed by atoms with E-state index >= 15 is 0 Å². The Balaban J connectivity index is 1.98. The van der Waals surface area contributed by atoms with Crippen molar-refractivity contribution in [2.45, 2.75) is 11.7 Å². The summed E-state index contributed by atoms with van der Waals surface area (Å²) in [4.78, 5) is 0. The zero-order valence-electron chi connectivity index (χ0n) is 5.31. The van der Waals surface area contributed by atoms with E-state index in [0.717, 1.165) is 30.1 Å². The quantitative estimate of drug-likeness (QED) is 0.591. The van der Waals surface area contributed by atoms with Crippen LogP contribution in [0.4, 0.5) is 0 Å². The van der Waals surface area contributed by atoms with Gasteiger partial charge in [-0.3, -0.25) is 0 Å². The number of thioether (sulfide) groups is 1. The van der Waals surface area contributed by atoms with Gasteiger partial charge >= 0.3 is 0 Å². The van der Waals surface area contributed by atoms with Crippen molar-refractivity contribution >= 4 is 23.4 Å². The van der Waals surface area contributed by atoms with Crippen molar-refractivity contribution in [1.82, 2.24) is 0 Å². The molecule has 0 saturated carbocycles. The van der Waals surface area contributed by atoms with Gasteiger partial charge in [0.25, 0.3) is 0 Å². The monoisotopic (exact) mass is 166 g/mol. The first-order valence-electron chi connectivity index (χ1n) is 3.19. The summed E-state index contributed by atoms with van der Waals surface area (Å²) in [5, 5.41) is 0.726. The van der Waals surface area contributed by atoms with Crippen molar-refractivity contribution in [2.24, 2.45) is 0 Å². The van der Waals surface area contributed by atoms with Gasteiger partial charge in [0.05, 0.1) is 6.61 Å². The van der Waals surface area contributed by atoms with Gasteiger partial charge in [-0.15, -0.1) is 11.6 Å². The lowest BCUT2D eigenvalue weighted by Crippen LogP contribution is -2.01. The first-order chi connectivity index (χ1) is 4.43. The molecule has 0 bridgehead atoms. The fraction of sp³-hybridized carbons (Fsp3) is 1.00. The Labute approximate surface area is 65.1 Å². The van der Waals surface area contributed by atoms with Gasteiger partial charge in [-0.2, -0.15) is 11.8 Å². The molecule has 1 heterocycles. The standard InChI is InChI=1S/C6H11ClOS/c7-2-4-9-6-1-3-8-5-6/h6H,1-5H2. The second kappa shape index (κ2) is 4.42. The van der Waals surface area contributed by atoms with Crippen LogP contribution < -0.4 is 0 Å². The van der Waals surface area contributed by atoms with Crippen molar-refractivity contribution in [3.8, 4) is 0 Å². The van der Waals surface area contributed by atoms with Crippen LogP contribution >= 0.6 is 23.4 Å². The third-order valence-electron chi connectivity index (χ3n) is 1.32. The van der Waals surface area contributed by atoms with Crippen LogP contribution in [0.5, 0.6) is 0 Å². The van der Waals surface area contributed by atoms with Gasteiger partial charge in [0.15, 0.2) is 0 Å². The van der Waals surface area contributed by atoms with Gasteiger partial charge in [0.1, 0.15) is 0 Å². The SMILES string of the molecule is ClCCSC1CCOC1. The second-order valence-corrected chi connectivity index (χ2v) is 3.83. The molecule has 0 aromatic carbocycles. The zero-order valence-corrected chi connectivity index (χ0v) is 6.88. The number of halogens is 1. The number of hydrogen-bond acceptors (Lipinski definition) is 2. The fourth-order valence-corrected chi connectivity index (χ4v) is 2.00. The first-order valence-corrected chi connectivity index (χ1v) is 4.77. The minimum absolute atomic E-state index is 0.726. The molecule has 3 heteroatoms. The van der Waals surface area contributed by atoms with Crippen molar-refractivity contribution in [3.05, 3.63) is 0 Å². The van der Waals surface area contributed by atoms with Gasteiger partial charge in [0.2, 0.25) is 0 Å². The van der Waals surface area contributed by atoms with Crippen LogP contribution in [0.3, 0.4) is 0 Å². The van der Waals surface area contributed by atoms with Crippen molar-refractivity contribution in [3.63, 3.8) is 0 Å². The number of alkyl halides is 1. The zero-order chi connectivity index (χ0) is 6.53. The maximum atomic E-state index is 5.52. The number of rotatable bonds is 3. The third kappa shape index (κ3) is 2.78. The Morgan fingerprint density at radius 3 is 3.11 bits per heavy atom. The summed E-state index contributed by atoms with van der Waals surface area (Å²) in [5.41, 5.74) is 0. The fourth-order valence-electron chi connectivity index (χ4n) is 0.856. The van der Waals surface area contributed by atoms with Crippen LogP contribution in [0.2, 0.25) is 0 Å². The molecule has 0 aliphatic carbocycles. The molecule has 0 N–H and O–H groups in total. The highest BCUT2D eigenvalue weighted by molar-refractivity contribution is 8.00. The molecule has 1 fully saturated rings. The molecule has 1 atom stereocenters. The maximum absolute atomic E-state index is 5.52. The topological polar surface area (TPSA) is 9.23 Å². The third-order valence-corrected chi connectivity index (χ3v) is 3.01. The largest absolute Gasteiger partial charge is 0.380 e. The predicted octanol–water partition coefficient (Wildman–Crippen LogP) is 1.75. The predicted molar refractivity (Wildman–Crippen MR) is 42.4 cm³/mol. The van der Waals surface area contributed by atoms with Gasteiger partial charge in [-0.05, 0) is 6.42 Å². The Kier molecular flexibility index (Phi) is 3.78. The lowest BCUT2D eigenvalue weighted by Gasteiger charge is -2.03. The summed E-state index contributed by atoms with van der Waals surface area (Å²) in [6.45, 7) is 1.88. The Bertz CT molecular complexity index is 73.5. The van der Waals surface area contributed by atoms with E-state index in [2.05, 4.69) is 0 Å². The van der Waals surface area contributed by atoms with E-state index in [1.165, 1.54) is 6.42 Å². The summed E-state index contributed by atoms with van der Waals surface area (Å²) in [5.74, 6) is 1.83. The highest BCUT2D eigenvalue weighted by Gasteiger charge is 2.14. The normalized spacial score (nSPS) is 27.0. The molecule has 0 radical (unpaired) electrons. The van der Waals surface area contributed by atoms with Crippen molar-refractivity contribution < 1.29 is 4.74 Å². The average Bonchev–Trinajstić information content (AvgIpc) is 2.34. The van der Waals surface area contributed by atoms with Gasteiger partial charge in [-0.25, -0.2) is 0 Å². The molecular formula is C6H11ClOS. The molecule has 1 aliphatic rings. The number of hydrogen-bond donors (Lipinski definition) is 0. The van der Waals surface area contributed by atoms with Crippen LogP contribution in [0.1, 0.15) is 6.42 Å². The Morgan fingerprint density at radius 2 is 2.56 bits per heavy atom. The molecule has 1 saturated heterocycles. The first kappa shape index (κ1) is 7.70. The molecule has 1 unspecified atom stereocenters.